The van der Waals surface area contributed by atoms with E-state index in [1.54, 1.807) is 36.4 Å². The molecule has 0 aliphatic carbocycles. The molecule has 0 aromatic heterocycles. The standard InChI is InChI=1S/C19H21F2N3O3/c1-12(2)22-19(26)24-15-7-5-14(6-8-15)23-17(25)11-13-3-9-16(10-4-13)27-18(20)21/h3-10,12,18H,11H2,1-2H3,(H,23,25)(H2,22,24,26). The molecule has 144 valence electrons. The van der Waals surface area contributed by atoms with E-state index in [1.807, 2.05) is 13.8 Å². The minimum Gasteiger partial charge on any atom is -0.435 e. The Bertz CT molecular complexity index is 763. The van der Waals surface area contributed by atoms with Gasteiger partial charge in [0.25, 0.3) is 0 Å². The van der Waals surface area contributed by atoms with Gasteiger partial charge >= 0.3 is 12.6 Å². The third-order valence-electron chi connectivity index (χ3n) is 3.36. The Morgan fingerprint density at radius 3 is 2.00 bits per heavy atom. The highest BCUT2D eigenvalue weighted by Crippen LogP contribution is 2.17. The summed E-state index contributed by atoms with van der Waals surface area (Å²) in [4.78, 5) is 23.7. The van der Waals surface area contributed by atoms with Gasteiger partial charge in [0.1, 0.15) is 5.75 Å². The lowest BCUT2D eigenvalue weighted by Crippen LogP contribution is -2.34. The Morgan fingerprint density at radius 1 is 0.926 bits per heavy atom. The summed E-state index contributed by atoms with van der Waals surface area (Å²) in [6.07, 6.45) is 0.0890. The van der Waals surface area contributed by atoms with Crippen molar-refractivity contribution >= 4 is 23.3 Å². The summed E-state index contributed by atoms with van der Waals surface area (Å²) < 4.78 is 28.5. The molecule has 0 atom stereocenters. The van der Waals surface area contributed by atoms with E-state index in [2.05, 4.69) is 20.7 Å². The highest BCUT2D eigenvalue weighted by molar-refractivity contribution is 5.93. The molecule has 3 amide bonds. The number of hydrogen-bond acceptors (Lipinski definition) is 3. The molecule has 27 heavy (non-hydrogen) atoms. The van der Waals surface area contributed by atoms with Crippen LogP contribution in [-0.4, -0.2) is 24.6 Å². The average molecular weight is 377 g/mol. The van der Waals surface area contributed by atoms with E-state index in [0.717, 1.165) is 0 Å². The maximum Gasteiger partial charge on any atom is 0.387 e. The molecule has 0 aliphatic heterocycles. The van der Waals surface area contributed by atoms with Gasteiger partial charge in [0.15, 0.2) is 0 Å². The third kappa shape index (κ3) is 7.31. The molecule has 0 saturated heterocycles. The second-order valence-electron chi connectivity index (χ2n) is 6.08. The fourth-order valence-corrected chi connectivity index (χ4v) is 2.25. The number of hydrogen-bond donors (Lipinski definition) is 3. The van der Waals surface area contributed by atoms with E-state index < -0.39 is 6.61 Å². The number of benzene rings is 2. The molecule has 0 spiro atoms. The fraction of sp³-hybridized carbons (Fsp3) is 0.263. The molecule has 2 aromatic carbocycles. The maximum atomic E-state index is 12.1. The number of nitrogens with one attached hydrogen (secondary N) is 3. The van der Waals surface area contributed by atoms with Crippen LogP contribution in [0.3, 0.4) is 0 Å². The van der Waals surface area contributed by atoms with E-state index in [9.17, 15) is 18.4 Å². The SMILES string of the molecule is CC(C)NC(=O)Nc1ccc(NC(=O)Cc2ccc(OC(F)F)cc2)cc1. The maximum absolute atomic E-state index is 12.1. The molecule has 0 bridgehead atoms. The lowest BCUT2D eigenvalue weighted by molar-refractivity contribution is -0.115. The zero-order valence-corrected chi connectivity index (χ0v) is 15.0. The molecule has 0 radical (unpaired) electrons. The third-order valence-corrected chi connectivity index (χ3v) is 3.36. The molecule has 0 fully saturated rings. The number of ether oxygens (including phenoxy) is 1. The summed E-state index contributed by atoms with van der Waals surface area (Å²) >= 11 is 0. The van der Waals surface area contributed by atoms with Crippen LogP contribution < -0.4 is 20.7 Å². The highest BCUT2D eigenvalue weighted by atomic mass is 19.3. The zero-order chi connectivity index (χ0) is 19.8. The Hall–Kier alpha value is -3.16. The van der Waals surface area contributed by atoms with Crippen LogP contribution in [0, 0.1) is 0 Å². The first kappa shape index (κ1) is 20.2. The molecule has 0 heterocycles. The number of carbonyl (C=O) groups excluding carboxylic acids is 2. The van der Waals surface area contributed by atoms with Crippen molar-refractivity contribution in [3.8, 4) is 5.75 Å². The normalized spacial score (nSPS) is 10.6. The first-order chi connectivity index (χ1) is 12.8. The van der Waals surface area contributed by atoms with Crippen LogP contribution in [0.4, 0.5) is 25.0 Å². The van der Waals surface area contributed by atoms with Crippen molar-refractivity contribution in [1.29, 1.82) is 0 Å². The number of halogens is 2. The molecule has 2 aromatic rings. The first-order valence-electron chi connectivity index (χ1n) is 8.33. The molecule has 3 N–H and O–H groups in total. The molecule has 2 rings (SSSR count). The predicted molar refractivity (Wildman–Crippen MR) is 99.1 cm³/mol. The lowest BCUT2D eigenvalue weighted by Gasteiger charge is -2.11. The number of amides is 3. The quantitative estimate of drug-likeness (QED) is 0.682. The second-order valence-corrected chi connectivity index (χ2v) is 6.08. The van der Waals surface area contributed by atoms with E-state index >= 15 is 0 Å². The number of rotatable bonds is 7. The number of urea groups is 1. The van der Waals surface area contributed by atoms with Gasteiger partial charge in [-0.3, -0.25) is 4.79 Å². The molecule has 0 aliphatic rings. The van der Waals surface area contributed by atoms with Gasteiger partial charge in [-0.1, -0.05) is 12.1 Å². The first-order valence-corrected chi connectivity index (χ1v) is 8.33. The van der Waals surface area contributed by atoms with Crippen molar-refractivity contribution in [2.24, 2.45) is 0 Å². The predicted octanol–water partition coefficient (Wildman–Crippen LogP) is 4.00. The van der Waals surface area contributed by atoms with Crippen LogP contribution in [0.1, 0.15) is 19.4 Å². The summed E-state index contributed by atoms with van der Waals surface area (Å²) in [5.74, 6) is -0.213. The second kappa shape index (κ2) is 9.51. The lowest BCUT2D eigenvalue weighted by atomic mass is 10.1. The van der Waals surface area contributed by atoms with Gasteiger partial charge in [-0.25, -0.2) is 4.79 Å². The number of carbonyl (C=O) groups is 2. The van der Waals surface area contributed by atoms with Gasteiger partial charge in [-0.15, -0.1) is 0 Å². The highest BCUT2D eigenvalue weighted by Gasteiger charge is 2.08. The van der Waals surface area contributed by atoms with Crippen LogP contribution >= 0.6 is 0 Å². The topological polar surface area (TPSA) is 79.5 Å². The van der Waals surface area contributed by atoms with E-state index in [-0.39, 0.29) is 30.2 Å². The molecule has 6 nitrogen and oxygen atoms in total. The van der Waals surface area contributed by atoms with Crippen molar-refractivity contribution < 1.29 is 23.1 Å². The minimum atomic E-state index is -2.88. The summed E-state index contributed by atoms with van der Waals surface area (Å²) in [6, 6.07) is 12.3. The summed E-state index contributed by atoms with van der Waals surface area (Å²) in [5.41, 5.74) is 1.84. The molecule has 0 saturated carbocycles. The van der Waals surface area contributed by atoms with Crippen LogP contribution in [0.15, 0.2) is 48.5 Å². The molecule has 0 unspecified atom stereocenters. The van der Waals surface area contributed by atoms with Gasteiger partial charge in [-0.05, 0) is 55.8 Å². The van der Waals surface area contributed by atoms with Crippen LogP contribution in [0.25, 0.3) is 0 Å². The van der Waals surface area contributed by atoms with Crippen LogP contribution in [0.5, 0.6) is 5.75 Å². The fourth-order valence-electron chi connectivity index (χ4n) is 2.25. The van der Waals surface area contributed by atoms with Gasteiger partial charge in [0.2, 0.25) is 5.91 Å². The Kier molecular flexibility index (Phi) is 7.10. The Labute approximate surface area is 155 Å². The van der Waals surface area contributed by atoms with Gasteiger partial charge < -0.3 is 20.7 Å². The van der Waals surface area contributed by atoms with Crippen LogP contribution in [-0.2, 0) is 11.2 Å². The minimum absolute atomic E-state index is 0.0274. The van der Waals surface area contributed by atoms with E-state index in [1.165, 1.54) is 12.1 Å². The van der Waals surface area contributed by atoms with Crippen molar-refractivity contribution in [3.63, 3.8) is 0 Å². The van der Waals surface area contributed by atoms with E-state index in [4.69, 9.17) is 0 Å². The van der Waals surface area contributed by atoms with Crippen molar-refractivity contribution in [2.45, 2.75) is 32.9 Å². The van der Waals surface area contributed by atoms with Crippen LogP contribution in [0.2, 0.25) is 0 Å². The van der Waals surface area contributed by atoms with Gasteiger partial charge in [-0.2, -0.15) is 8.78 Å². The van der Waals surface area contributed by atoms with Crippen molar-refractivity contribution in [2.75, 3.05) is 10.6 Å². The summed E-state index contributed by atoms with van der Waals surface area (Å²) in [5, 5.41) is 8.13. The molecular formula is C19H21F2N3O3. The Balaban J connectivity index is 1.85. The number of anilines is 2. The molecule has 8 heteroatoms. The van der Waals surface area contributed by atoms with Gasteiger partial charge in [0.05, 0.1) is 6.42 Å². The van der Waals surface area contributed by atoms with E-state index in [0.29, 0.717) is 16.9 Å². The summed E-state index contributed by atoms with van der Waals surface area (Å²) in [6.45, 7) is 0.836. The average Bonchev–Trinajstić information content (AvgIpc) is 2.57. The largest absolute Gasteiger partial charge is 0.435 e. The smallest absolute Gasteiger partial charge is 0.387 e. The molecular weight excluding hydrogens is 356 g/mol. The Morgan fingerprint density at radius 2 is 1.48 bits per heavy atom. The number of alkyl halides is 2. The van der Waals surface area contributed by atoms with Gasteiger partial charge in [0, 0.05) is 17.4 Å². The monoisotopic (exact) mass is 377 g/mol. The van der Waals surface area contributed by atoms with Crippen molar-refractivity contribution in [1.82, 2.24) is 5.32 Å². The van der Waals surface area contributed by atoms with Crippen molar-refractivity contribution in [3.05, 3.63) is 54.1 Å². The summed E-state index contributed by atoms with van der Waals surface area (Å²) in [7, 11) is 0. The zero-order valence-electron chi connectivity index (χ0n) is 15.0.